The fourth-order valence-electron chi connectivity index (χ4n) is 1.87. The summed E-state index contributed by atoms with van der Waals surface area (Å²) in [5, 5.41) is 0. The molecular formula is C13H24N2O3. The van der Waals surface area contributed by atoms with Crippen LogP contribution in [0.15, 0.2) is 0 Å². The van der Waals surface area contributed by atoms with Gasteiger partial charge in [-0.2, -0.15) is 0 Å². The summed E-state index contributed by atoms with van der Waals surface area (Å²) in [5.74, 6) is 0.206. The molecule has 0 aromatic rings. The molecule has 0 aromatic heterocycles. The van der Waals surface area contributed by atoms with Crippen LogP contribution in [0.1, 0.15) is 27.7 Å². The van der Waals surface area contributed by atoms with Crippen LogP contribution < -0.4 is 0 Å². The number of hydrogen-bond donors (Lipinski definition) is 0. The van der Waals surface area contributed by atoms with Crippen LogP contribution in [0.25, 0.3) is 0 Å². The normalized spacial score (nSPS) is 16.6. The van der Waals surface area contributed by atoms with Gasteiger partial charge in [-0.3, -0.25) is 9.59 Å². The second-order valence-corrected chi connectivity index (χ2v) is 5.22. The molecule has 0 aromatic carbocycles. The van der Waals surface area contributed by atoms with Gasteiger partial charge in [0.1, 0.15) is 6.61 Å². The first-order valence-corrected chi connectivity index (χ1v) is 6.60. The molecule has 0 atom stereocenters. The summed E-state index contributed by atoms with van der Waals surface area (Å²) in [7, 11) is 0. The van der Waals surface area contributed by atoms with Gasteiger partial charge in [0.25, 0.3) is 0 Å². The molecule has 18 heavy (non-hydrogen) atoms. The van der Waals surface area contributed by atoms with Crippen molar-refractivity contribution < 1.29 is 14.3 Å². The van der Waals surface area contributed by atoms with Gasteiger partial charge in [-0.15, -0.1) is 0 Å². The maximum absolute atomic E-state index is 11.8. The summed E-state index contributed by atoms with van der Waals surface area (Å²) in [6.07, 6.45) is 0.0674. The Morgan fingerprint density at radius 1 is 1.00 bits per heavy atom. The Morgan fingerprint density at radius 2 is 1.50 bits per heavy atom. The van der Waals surface area contributed by atoms with E-state index in [-0.39, 0.29) is 30.4 Å². The summed E-state index contributed by atoms with van der Waals surface area (Å²) in [6.45, 7) is 10.2. The molecule has 0 radical (unpaired) electrons. The summed E-state index contributed by atoms with van der Waals surface area (Å²) >= 11 is 0. The van der Waals surface area contributed by atoms with E-state index < -0.39 is 0 Å². The Morgan fingerprint density at radius 3 is 1.94 bits per heavy atom. The van der Waals surface area contributed by atoms with E-state index in [0.29, 0.717) is 26.2 Å². The predicted molar refractivity (Wildman–Crippen MR) is 69.1 cm³/mol. The molecule has 0 spiro atoms. The maximum atomic E-state index is 11.8. The fourth-order valence-corrected chi connectivity index (χ4v) is 1.87. The van der Waals surface area contributed by atoms with E-state index in [4.69, 9.17) is 4.74 Å². The Kier molecular flexibility index (Phi) is 5.59. The van der Waals surface area contributed by atoms with Gasteiger partial charge >= 0.3 is 0 Å². The molecule has 0 saturated carbocycles. The lowest BCUT2D eigenvalue weighted by Crippen LogP contribution is -2.52. The standard InChI is InChI=1S/C13H24N2O3/c1-10(2)13(17)15-7-5-14(6-8-15)12(16)9-18-11(3)4/h10-11H,5-9H2,1-4H3. The zero-order chi connectivity index (χ0) is 13.7. The first-order chi connectivity index (χ1) is 8.41. The topological polar surface area (TPSA) is 49.9 Å². The van der Waals surface area contributed by atoms with Gasteiger partial charge < -0.3 is 14.5 Å². The smallest absolute Gasteiger partial charge is 0.248 e. The van der Waals surface area contributed by atoms with Crippen molar-refractivity contribution in [2.75, 3.05) is 32.8 Å². The highest BCUT2D eigenvalue weighted by Gasteiger charge is 2.25. The Balaban J connectivity index is 2.35. The molecule has 5 heteroatoms. The fraction of sp³-hybridized carbons (Fsp3) is 0.846. The molecule has 0 N–H and O–H groups in total. The van der Waals surface area contributed by atoms with Gasteiger partial charge in [0, 0.05) is 32.1 Å². The highest BCUT2D eigenvalue weighted by molar-refractivity contribution is 5.80. The second kappa shape index (κ2) is 6.73. The third kappa shape index (κ3) is 4.29. The van der Waals surface area contributed by atoms with Crippen LogP contribution in [-0.4, -0.2) is 60.5 Å². The van der Waals surface area contributed by atoms with E-state index in [1.807, 2.05) is 32.6 Å². The van der Waals surface area contributed by atoms with Gasteiger partial charge in [0.05, 0.1) is 6.10 Å². The van der Waals surface area contributed by atoms with E-state index in [0.717, 1.165) is 0 Å². The van der Waals surface area contributed by atoms with Crippen LogP contribution in [0.3, 0.4) is 0 Å². The molecular weight excluding hydrogens is 232 g/mol. The number of hydrogen-bond acceptors (Lipinski definition) is 3. The number of amides is 2. The van der Waals surface area contributed by atoms with Crippen molar-refractivity contribution in [2.24, 2.45) is 5.92 Å². The monoisotopic (exact) mass is 256 g/mol. The van der Waals surface area contributed by atoms with Crippen molar-refractivity contribution in [1.29, 1.82) is 0 Å². The minimum Gasteiger partial charge on any atom is -0.369 e. The first-order valence-electron chi connectivity index (χ1n) is 6.60. The van der Waals surface area contributed by atoms with Crippen molar-refractivity contribution in [3.8, 4) is 0 Å². The van der Waals surface area contributed by atoms with E-state index >= 15 is 0 Å². The second-order valence-electron chi connectivity index (χ2n) is 5.22. The predicted octanol–water partition coefficient (Wildman–Crippen LogP) is 0.738. The van der Waals surface area contributed by atoms with Crippen LogP contribution in [0.4, 0.5) is 0 Å². The molecule has 1 fully saturated rings. The van der Waals surface area contributed by atoms with Crippen LogP contribution in [-0.2, 0) is 14.3 Å². The highest BCUT2D eigenvalue weighted by atomic mass is 16.5. The zero-order valence-corrected chi connectivity index (χ0v) is 11.8. The zero-order valence-electron chi connectivity index (χ0n) is 11.8. The summed E-state index contributed by atoms with van der Waals surface area (Å²) in [6, 6.07) is 0. The van der Waals surface area contributed by atoms with Crippen LogP contribution in [0.2, 0.25) is 0 Å². The summed E-state index contributed by atoms with van der Waals surface area (Å²) in [5.41, 5.74) is 0. The molecule has 1 aliphatic heterocycles. The van der Waals surface area contributed by atoms with Gasteiger partial charge in [-0.1, -0.05) is 13.8 Å². The molecule has 1 saturated heterocycles. The highest BCUT2D eigenvalue weighted by Crippen LogP contribution is 2.07. The lowest BCUT2D eigenvalue weighted by Gasteiger charge is -2.35. The molecule has 104 valence electrons. The summed E-state index contributed by atoms with van der Waals surface area (Å²) < 4.78 is 5.30. The van der Waals surface area contributed by atoms with E-state index in [2.05, 4.69) is 0 Å². The van der Waals surface area contributed by atoms with E-state index in [1.54, 1.807) is 4.90 Å². The SMILES string of the molecule is CC(C)OCC(=O)N1CCN(C(=O)C(C)C)CC1. The Bertz CT molecular complexity index is 295. The van der Waals surface area contributed by atoms with Gasteiger partial charge in [0.15, 0.2) is 0 Å². The maximum Gasteiger partial charge on any atom is 0.248 e. The molecule has 1 rings (SSSR count). The minimum atomic E-state index is 0.0142. The summed E-state index contributed by atoms with van der Waals surface area (Å²) in [4.78, 5) is 27.2. The Hall–Kier alpha value is -1.10. The molecule has 1 heterocycles. The molecule has 0 aliphatic carbocycles. The molecule has 0 unspecified atom stereocenters. The number of ether oxygens (including phenoxy) is 1. The van der Waals surface area contributed by atoms with Crippen molar-refractivity contribution >= 4 is 11.8 Å². The molecule has 2 amide bonds. The van der Waals surface area contributed by atoms with Crippen molar-refractivity contribution in [3.05, 3.63) is 0 Å². The Labute approximate surface area is 109 Å². The third-order valence-electron chi connectivity index (χ3n) is 2.98. The quantitative estimate of drug-likeness (QED) is 0.745. The number of piperazine rings is 1. The lowest BCUT2D eigenvalue weighted by atomic mass is 10.1. The van der Waals surface area contributed by atoms with Crippen molar-refractivity contribution in [1.82, 2.24) is 9.80 Å². The van der Waals surface area contributed by atoms with E-state index in [9.17, 15) is 9.59 Å². The van der Waals surface area contributed by atoms with Crippen LogP contribution in [0, 0.1) is 5.92 Å². The molecule has 5 nitrogen and oxygen atoms in total. The van der Waals surface area contributed by atoms with Gasteiger partial charge in [-0.05, 0) is 13.8 Å². The number of carbonyl (C=O) groups excluding carboxylic acids is 2. The largest absolute Gasteiger partial charge is 0.369 e. The van der Waals surface area contributed by atoms with Crippen molar-refractivity contribution in [3.63, 3.8) is 0 Å². The van der Waals surface area contributed by atoms with Crippen LogP contribution >= 0.6 is 0 Å². The minimum absolute atomic E-state index is 0.0142. The average molecular weight is 256 g/mol. The number of carbonyl (C=O) groups is 2. The van der Waals surface area contributed by atoms with Crippen molar-refractivity contribution in [2.45, 2.75) is 33.8 Å². The number of rotatable bonds is 4. The van der Waals surface area contributed by atoms with Gasteiger partial charge in [-0.25, -0.2) is 0 Å². The van der Waals surface area contributed by atoms with E-state index in [1.165, 1.54) is 0 Å². The average Bonchev–Trinajstić information content (AvgIpc) is 2.35. The number of nitrogens with zero attached hydrogens (tertiary/aromatic N) is 2. The van der Waals surface area contributed by atoms with Gasteiger partial charge in [0.2, 0.25) is 11.8 Å². The molecule has 1 aliphatic rings. The first kappa shape index (κ1) is 15.0. The molecule has 0 bridgehead atoms. The third-order valence-corrected chi connectivity index (χ3v) is 2.98. The lowest BCUT2D eigenvalue weighted by molar-refractivity contribution is -0.144. The van der Waals surface area contributed by atoms with Crippen LogP contribution in [0.5, 0.6) is 0 Å².